The van der Waals surface area contributed by atoms with Gasteiger partial charge in [-0.3, -0.25) is 9.68 Å². The topological polar surface area (TPSA) is 154 Å². The van der Waals surface area contributed by atoms with Gasteiger partial charge in [0.2, 0.25) is 0 Å². The van der Waals surface area contributed by atoms with Gasteiger partial charge in [0.05, 0.1) is 13.2 Å². The summed E-state index contributed by atoms with van der Waals surface area (Å²) in [6.45, 7) is -2.54. The summed E-state index contributed by atoms with van der Waals surface area (Å²) >= 11 is 0. The maximum atomic E-state index is 10.2. The smallest absolute Gasteiger partial charge is 0.319 e. The van der Waals surface area contributed by atoms with Crippen LogP contribution in [0.25, 0.3) is 0 Å². The third-order valence-electron chi connectivity index (χ3n) is 2.19. The molecule has 0 spiro atoms. The lowest BCUT2D eigenvalue weighted by Gasteiger charge is -2.51. The van der Waals surface area contributed by atoms with Gasteiger partial charge in [0, 0.05) is 0 Å². The van der Waals surface area contributed by atoms with Gasteiger partial charge >= 0.3 is 5.79 Å². The maximum Gasteiger partial charge on any atom is 0.319 e. The van der Waals surface area contributed by atoms with Crippen molar-refractivity contribution in [2.24, 2.45) is 0 Å². The predicted molar refractivity (Wildman–Crippen MR) is 41.7 cm³/mol. The molecular weight excluding hydrogens is 232 g/mol. The predicted octanol–water partition coefficient (Wildman–Crippen LogP) is -2.15. The maximum absolute atomic E-state index is 10.2. The molecule has 11 heteroatoms. The van der Waals surface area contributed by atoms with Crippen molar-refractivity contribution in [1.29, 1.82) is 0 Å². The van der Waals surface area contributed by atoms with Crippen LogP contribution in [0, 0.1) is 20.2 Å². The number of hydrogen-bond donors (Lipinski definition) is 2. The van der Waals surface area contributed by atoms with Gasteiger partial charge in [-0.1, -0.05) is 0 Å². The first kappa shape index (κ1) is 12.4. The van der Waals surface area contributed by atoms with Crippen LogP contribution in [0.2, 0.25) is 0 Å². The minimum atomic E-state index is -2.44. The molecule has 92 valence electrons. The van der Waals surface area contributed by atoms with E-state index in [9.17, 15) is 20.2 Å². The summed E-state index contributed by atoms with van der Waals surface area (Å²) < 4.78 is 4.68. The van der Waals surface area contributed by atoms with Crippen molar-refractivity contribution in [3.63, 3.8) is 0 Å². The normalized spacial score (nSPS) is 20.6. The van der Waals surface area contributed by atoms with Crippen molar-refractivity contribution in [3.8, 4) is 0 Å². The van der Waals surface area contributed by atoms with E-state index in [4.69, 9.17) is 10.2 Å². The second kappa shape index (κ2) is 4.03. The second-order valence-corrected chi connectivity index (χ2v) is 2.98. The molecule has 0 bridgehead atoms. The Bertz CT molecular complexity index is 279. The number of nitrogens with zero attached hydrogens (tertiary/aromatic N) is 2. The summed E-state index contributed by atoms with van der Waals surface area (Å²) in [5.74, 6) is -2.44. The van der Waals surface area contributed by atoms with E-state index in [-0.39, 0.29) is 0 Å². The molecule has 1 aliphatic rings. The van der Waals surface area contributed by atoms with E-state index in [1.165, 1.54) is 0 Å². The van der Waals surface area contributed by atoms with Gasteiger partial charge in [0.1, 0.15) is 6.61 Å². The minimum absolute atomic E-state index is 0.657. The van der Waals surface area contributed by atoms with E-state index in [2.05, 4.69) is 14.4 Å². The molecule has 0 amide bonds. The summed E-state index contributed by atoms with van der Waals surface area (Å²) in [6.07, 6.45) is 0. The molecular formula is C5H8N2O9. The summed E-state index contributed by atoms with van der Waals surface area (Å²) in [5.41, 5.74) is -2.03. The zero-order chi connectivity index (χ0) is 12.4. The van der Waals surface area contributed by atoms with E-state index in [0.717, 1.165) is 0 Å². The SMILES string of the molecule is O=[N+]([O-])OC1(O[N+](=O)[O-])COC1(CO)CO. The zero-order valence-electron chi connectivity index (χ0n) is 7.77. The monoisotopic (exact) mass is 240 g/mol. The number of ether oxygens (including phenoxy) is 1. The Balaban J connectivity index is 2.95. The highest BCUT2D eigenvalue weighted by Gasteiger charge is 2.67. The van der Waals surface area contributed by atoms with Crippen molar-refractivity contribution < 1.29 is 34.8 Å². The first-order valence-corrected chi connectivity index (χ1v) is 3.94. The molecule has 0 aromatic carbocycles. The Morgan fingerprint density at radius 2 is 1.62 bits per heavy atom. The van der Waals surface area contributed by atoms with Crippen LogP contribution in [0.3, 0.4) is 0 Å². The number of aliphatic hydroxyl groups is 2. The molecule has 0 aromatic heterocycles. The summed E-state index contributed by atoms with van der Waals surface area (Å²) in [6, 6.07) is 0. The standard InChI is InChI=1S/C5H8N2O9/c8-1-4(2-9)5(3-14-4,15-6(10)11)16-7(12)13/h8-9H,1-3H2. The summed E-state index contributed by atoms with van der Waals surface area (Å²) in [4.78, 5) is 28.3. The molecule has 0 aliphatic carbocycles. The van der Waals surface area contributed by atoms with Gasteiger partial charge < -0.3 is 14.9 Å². The molecule has 1 aliphatic heterocycles. The average Bonchev–Trinajstić information content (AvgIpc) is 2.16. The Hall–Kier alpha value is -1.72. The molecule has 0 aromatic rings. The van der Waals surface area contributed by atoms with E-state index in [1.54, 1.807) is 0 Å². The van der Waals surface area contributed by atoms with E-state index in [1.807, 2.05) is 0 Å². The van der Waals surface area contributed by atoms with Crippen LogP contribution < -0.4 is 0 Å². The molecule has 1 saturated heterocycles. The van der Waals surface area contributed by atoms with Crippen LogP contribution in [0.15, 0.2) is 0 Å². The Morgan fingerprint density at radius 1 is 1.19 bits per heavy atom. The van der Waals surface area contributed by atoms with E-state index >= 15 is 0 Å². The third-order valence-corrected chi connectivity index (χ3v) is 2.19. The van der Waals surface area contributed by atoms with Crippen LogP contribution in [-0.2, 0) is 14.4 Å². The molecule has 1 rings (SSSR count). The third kappa shape index (κ3) is 1.70. The van der Waals surface area contributed by atoms with Crippen molar-refractivity contribution in [1.82, 2.24) is 0 Å². The lowest BCUT2D eigenvalue weighted by Crippen LogP contribution is -2.75. The van der Waals surface area contributed by atoms with Gasteiger partial charge in [-0.2, -0.15) is 0 Å². The largest absolute Gasteiger partial charge is 0.393 e. The lowest BCUT2D eigenvalue weighted by molar-refractivity contribution is -0.892. The average molecular weight is 240 g/mol. The van der Waals surface area contributed by atoms with Crippen molar-refractivity contribution in [3.05, 3.63) is 20.2 Å². The highest BCUT2D eigenvalue weighted by atomic mass is 17.1. The molecule has 16 heavy (non-hydrogen) atoms. The highest BCUT2D eigenvalue weighted by Crippen LogP contribution is 2.41. The second-order valence-electron chi connectivity index (χ2n) is 2.98. The summed E-state index contributed by atoms with van der Waals surface area (Å²) in [7, 11) is 0. The van der Waals surface area contributed by atoms with E-state index in [0.29, 0.717) is 0 Å². The van der Waals surface area contributed by atoms with Gasteiger partial charge in [0.25, 0.3) is 10.2 Å². The fourth-order valence-corrected chi connectivity index (χ4v) is 1.25. The summed E-state index contributed by atoms with van der Waals surface area (Å²) in [5, 5.41) is 35.5. The number of aliphatic hydroxyl groups excluding tert-OH is 2. The van der Waals surface area contributed by atoms with Crippen LogP contribution in [0.1, 0.15) is 0 Å². The molecule has 0 atom stereocenters. The molecule has 11 nitrogen and oxygen atoms in total. The quantitative estimate of drug-likeness (QED) is 0.300. The Kier molecular flexibility index (Phi) is 3.11. The molecule has 0 saturated carbocycles. The van der Waals surface area contributed by atoms with Crippen molar-refractivity contribution in [2.45, 2.75) is 11.4 Å². The molecule has 2 N–H and O–H groups in total. The lowest BCUT2D eigenvalue weighted by atomic mass is 9.89. The fraction of sp³-hybridized carbons (Fsp3) is 1.00. The first-order chi connectivity index (χ1) is 7.41. The van der Waals surface area contributed by atoms with Gasteiger partial charge in [-0.15, -0.1) is 20.2 Å². The van der Waals surface area contributed by atoms with Gasteiger partial charge in [-0.05, 0) is 0 Å². The molecule has 1 heterocycles. The molecule has 0 radical (unpaired) electrons. The van der Waals surface area contributed by atoms with Crippen molar-refractivity contribution in [2.75, 3.05) is 19.8 Å². The fourth-order valence-electron chi connectivity index (χ4n) is 1.25. The van der Waals surface area contributed by atoms with Crippen LogP contribution >= 0.6 is 0 Å². The highest BCUT2D eigenvalue weighted by molar-refractivity contribution is 5.02. The Labute approximate surface area is 87.3 Å². The molecule has 1 fully saturated rings. The Morgan fingerprint density at radius 3 is 1.81 bits per heavy atom. The molecule has 0 unspecified atom stereocenters. The first-order valence-electron chi connectivity index (χ1n) is 3.94. The van der Waals surface area contributed by atoms with Crippen LogP contribution in [0.5, 0.6) is 0 Å². The number of rotatable bonds is 6. The van der Waals surface area contributed by atoms with E-state index < -0.39 is 41.4 Å². The number of hydrogen-bond acceptors (Lipinski definition) is 9. The van der Waals surface area contributed by atoms with Crippen molar-refractivity contribution >= 4 is 0 Å². The minimum Gasteiger partial charge on any atom is -0.393 e. The van der Waals surface area contributed by atoms with Crippen LogP contribution in [-0.4, -0.2) is 51.6 Å². The van der Waals surface area contributed by atoms with Crippen LogP contribution in [0.4, 0.5) is 0 Å². The zero-order valence-corrected chi connectivity index (χ0v) is 7.77. The van der Waals surface area contributed by atoms with Gasteiger partial charge in [-0.25, -0.2) is 0 Å². The van der Waals surface area contributed by atoms with Gasteiger partial charge in [0.15, 0.2) is 5.60 Å².